The van der Waals surface area contributed by atoms with Crippen LogP contribution in [0.3, 0.4) is 0 Å². The van der Waals surface area contributed by atoms with Gasteiger partial charge in [-0.25, -0.2) is 0 Å². The lowest BCUT2D eigenvalue weighted by atomic mass is 9.96. The molecule has 0 amide bonds. The van der Waals surface area contributed by atoms with Gasteiger partial charge in [-0.05, 0) is 47.2 Å². The zero-order valence-corrected chi connectivity index (χ0v) is 15.6. The van der Waals surface area contributed by atoms with E-state index in [1.165, 1.54) is 12.8 Å². The molecule has 0 aliphatic carbocycles. The molecule has 3 atom stereocenters. The van der Waals surface area contributed by atoms with Crippen molar-refractivity contribution in [1.29, 1.82) is 0 Å². The second-order valence-corrected chi connectivity index (χ2v) is 6.49. The van der Waals surface area contributed by atoms with E-state index in [0.29, 0.717) is 18.2 Å². The molecule has 0 aromatic heterocycles. The maximum Gasteiger partial charge on any atom is 0.191 e. The van der Waals surface area contributed by atoms with E-state index in [-0.39, 0.29) is 29.5 Å². The van der Waals surface area contributed by atoms with Crippen molar-refractivity contribution in [2.45, 2.75) is 56.9 Å². The predicted molar refractivity (Wildman–Crippen MR) is 94.0 cm³/mol. The standard InChI is InChI=1S/C14H28N4O.HI/c1-14(2,18(4)5)9-16-13(15-3)17-11-8-10-6-7-12(11)19-10;/h10-12H,6-9H2,1-5H3,(H2,15,16,17);1H. The van der Waals surface area contributed by atoms with Crippen molar-refractivity contribution in [1.82, 2.24) is 15.5 Å². The number of ether oxygens (including phenoxy) is 1. The Morgan fingerprint density at radius 3 is 2.50 bits per heavy atom. The fourth-order valence-corrected chi connectivity index (χ4v) is 2.62. The van der Waals surface area contributed by atoms with Crippen LogP contribution in [0.5, 0.6) is 0 Å². The van der Waals surface area contributed by atoms with Gasteiger partial charge in [-0.1, -0.05) is 0 Å². The van der Waals surface area contributed by atoms with Crippen LogP contribution < -0.4 is 10.6 Å². The molecule has 2 aliphatic rings. The number of fused-ring (bicyclic) bond motifs is 2. The van der Waals surface area contributed by atoms with E-state index in [4.69, 9.17) is 4.74 Å². The zero-order valence-electron chi connectivity index (χ0n) is 13.3. The third-order valence-corrected chi connectivity index (χ3v) is 4.55. The van der Waals surface area contributed by atoms with Gasteiger partial charge in [0.1, 0.15) is 0 Å². The van der Waals surface area contributed by atoms with E-state index < -0.39 is 0 Å². The number of rotatable bonds is 4. The van der Waals surface area contributed by atoms with Crippen LogP contribution in [0.25, 0.3) is 0 Å². The Kier molecular flexibility index (Phi) is 6.53. The lowest BCUT2D eigenvalue weighted by molar-refractivity contribution is 0.0992. The Labute approximate surface area is 139 Å². The molecule has 6 heteroatoms. The summed E-state index contributed by atoms with van der Waals surface area (Å²) < 4.78 is 5.86. The van der Waals surface area contributed by atoms with Gasteiger partial charge in [0.15, 0.2) is 5.96 Å². The number of likely N-dealkylation sites (N-methyl/N-ethyl adjacent to an activating group) is 1. The van der Waals surface area contributed by atoms with Crippen LogP contribution >= 0.6 is 24.0 Å². The van der Waals surface area contributed by atoms with Gasteiger partial charge >= 0.3 is 0 Å². The summed E-state index contributed by atoms with van der Waals surface area (Å²) in [6.07, 6.45) is 4.37. The van der Waals surface area contributed by atoms with Crippen LogP contribution in [-0.2, 0) is 4.74 Å². The minimum Gasteiger partial charge on any atom is -0.373 e. The third-order valence-electron chi connectivity index (χ3n) is 4.55. The smallest absolute Gasteiger partial charge is 0.191 e. The number of guanidine groups is 1. The molecule has 0 aromatic rings. The van der Waals surface area contributed by atoms with Crippen molar-refractivity contribution in [2.24, 2.45) is 4.99 Å². The van der Waals surface area contributed by atoms with E-state index in [2.05, 4.69) is 48.5 Å². The minimum absolute atomic E-state index is 0. The second-order valence-electron chi connectivity index (χ2n) is 6.49. The Morgan fingerprint density at radius 1 is 1.35 bits per heavy atom. The van der Waals surface area contributed by atoms with Crippen LogP contribution in [0.4, 0.5) is 0 Å². The summed E-state index contributed by atoms with van der Waals surface area (Å²) in [5.41, 5.74) is 0.100. The molecule has 2 fully saturated rings. The lowest BCUT2D eigenvalue weighted by Gasteiger charge is -2.33. The van der Waals surface area contributed by atoms with Crippen molar-refractivity contribution in [2.75, 3.05) is 27.7 Å². The predicted octanol–water partition coefficient (Wildman–Crippen LogP) is 1.43. The van der Waals surface area contributed by atoms with E-state index >= 15 is 0 Å². The number of aliphatic imine (C=N–C) groups is 1. The van der Waals surface area contributed by atoms with Crippen LogP contribution in [0.2, 0.25) is 0 Å². The Bertz CT molecular complexity index is 346. The molecular formula is C14H29IN4O. The highest BCUT2D eigenvalue weighted by atomic mass is 127. The monoisotopic (exact) mass is 396 g/mol. The fraction of sp³-hybridized carbons (Fsp3) is 0.929. The molecule has 2 bridgehead atoms. The molecule has 0 radical (unpaired) electrons. The lowest BCUT2D eigenvalue weighted by Crippen LogP contribution is -2.53. The summed E-state index contributed by atoms with van der Waals surface area (Å²) in [4.78, 5) is 6.53. The molecule has 20 heavy (non-hydrogen) atoms. The van der Waals surface area contributed by atoms with Crippen molar-refractivity contribution < 1.29 is 4.74 Å². The van der Waals surface area contributed by atoms with Crippen LogP contribution in [-0.4, -0.2) is 62.3 Å². The molecule has 2 heterocycles. The molecule has 2 N–H and O–H groups in total. The summed E-state index contributed by atoms with van der Waals surface area (Å²) in [6.45, 7) is 5.29. The van der Waals surface area contributed by atoms with Crippen molar-refractivity contribution in [3.8, 4) is 0 Å². The summed E-state index contributed by atoms with van der Waals surface area (Å²) >= 11 is 0. The first kappa shape index (κ1) is 18.0. The van der Waals surface area contributed by atoms with Gasteiger partial charge in [0.05, 0.1) is 18.2 Å². The number of nitrogens with zero attached hydrogens (tertiary/aromatic N) is 2. The zero-order chi connectivity index (χ0) is 14.0. The quantitative estimate of drug-likeness (QED) is 0.429. The first-order chi connectivity index (χ1) is 8.92. The molecule has 0 aromatic carbocycles. The highest BCUT2D eigenvalue weighted by molar-refractivity contribution is 14.0. The molecule has 0 spiro atoms. The fourth-order valence-electron chi connectivity index (χ4n) is 2.62. The molecular weight excluding hydrogens is 367 g/mol. The SMILES string of the molecule is CN=C(NCC(C)(C)N(C)C)NC1CC2CCC1O2.I. The Balaban J connectivity index is 0.00000200. The van der Waals surface area contributed by atoms with Gasteiger partial charge < -0.3 is 20.3 Å². The molecule has 2 rings (SSSR count). The Morgan fingerprint density at radius 2 is 2.05 bits per heavy atom. The number of hydrogen-bond donors (Lipinski definition) is 2. The average molecular weight is 396 g/mol. The maximum absolute atomic E-state index is 5.86. The summed E-state index contributed by atoms with van der Waals surface area (Å²) in [5.74, 6) is 0.885. The van der Waals surface area contributed by atoms with Gasteiger partial charge in [0, 0.05) is 19.1 Å². The molecule has 3 unspecified atom stereocenters. The van der Waals surface area contributed by atoms with E-state index in [0.717, 1.165) is 18.9 Å². The van der Waals surface area contributed by atoms with E-state index in [1.54, 1.807) is 0 Å². The number of nitrogens with one attached hydrogen (secondary N) is 2. The van der Waals surface area contributed by atoms with Gasteiger partial charge in [0.2, 0.25) is 0 Å². The Hall–Kier alpha value is -0.0800. The van der Waals surface area contributed by atoms with Crippen LogP contribution in [0, 0.1) is 0 Å². The third kappa shape index (κ3) is 4.21. The summed E-state index contributed by atoms with van der Waals surface area (Å²) in [5, 5.41) is 6.92. The highest BCUT2D eigenvalue weighted by Gasteiger charge is 2.41. The molecule has 2 saturated heterocycles. The molecule has 118 valence electrons. The summed E-state index contributed by atoms with van der Waals surface area (Å²) in [7, 11) is 6.02. The van der Waals surface area contributed by atoms with Gasteiger partial charge in [-0.15, -0.1) is 24.0 Å². The van der Waals surface area contributed by atoms with E-state index in [9.17, 15) is 0 Å². The molecule has 5 nitrogen and oxygen atoms in total. The van der Waals surface area contributed by atoms with Crippen molar-refractivity contribution in [3.05, 3.63) is 0 Å². The van der Waals surface area contributed by atoms with E-state index in [1.807, 2.05) is 7.05 Å². The van der Waals surface area contributed by atoms with Crippen LogP contribution in [0.15, 0.2) is 4.99 Å². The first-order valence-corrected chi connectivity index (χ1v) is 7.22. The molecule has 0 saturated carbocycles. The largest absolute Gasteiger partial charge is 0.373 e. The van der Waals surface area contributed by atoms with Crippen molar-refractivity contribution in [3.63, 3.8) is 0 Å². The maximum atomic E-state index is 5.86. The number of halogens is 1. The summed E-state index contributed by atoms with van der Waals surface area (Å²) in [6, 6.07) is 0.424. The van der Waals surface area contributed by atoms with Crippen LogP contribution in [0.1, 0.15) is 33.1 Å². The minimum atomic E-state index is 0. The van der Waals surface area contributed by atoms with Gasteiger partial charge in [-0.3, -0.25) is 4.99 Å². The highest BCUT2D eigenvalue weighted by Crippen LogP contribution is 2.34. The number of hydrogen-bond acceptors (Lipinski definition) is 3. The van der Waals surface area contributed by atoms with Crippen molar-refractivity contribution >= 4 is 29.9 Å². The normalized spacial score (nSPS) is 29.5. The van der Waals surface area contributed by atoms with Gasteiger partial charge in [-0.2, -0.15) is 0 Å². The average Bonchev–Trinajstić information content (AvgIpc) is 2.96. The molecule has 2 aliphatic heterocycles. The topological polar surface area (TPSA) is 48.9 Å². The first-order valence-electron chi connectivity index (χ1n) is 7.22. The van der Waals surface area contributed by atoms with Gasteiger partial charge in [0.25, 0.3) is 0 Å². The second kappa shape index (κ2) is 7.26.